The van der Waals surface area contributed by atoms with Gasteiger partial charge in [0.2, 0.25) is 5.91 Å². The highest BCUT2D eigenvalue weighted by Crippen LogP contribution is 2.64. The van der Waals surface area contributed by atoms with Crippen molar-refractivity contribution in [2.75, 3.05) is 12.4 Å². The maximum atomic E-state index is 12.2. The van der Waals surface area contributed by atoms with E-state index >= 15 is 0 Å². The van der Waals surface area contributed by atoms with E-state index in [4.69, 9.17) is 0 Å². The molecule has 150 valence electrons. The van der Waals surface area contributed by atoms with Gasteiger partial charge in [-0.3, -0.25) is 9.78 Å². The summed E-state index contributed by atoms with van der Waals surface area (Å²) in [5.41, 5.74) is 1.71. The Morgan fingerprint density at radius 2 is 1.86 bits per heavy atom. The zero-order chi connectivity index (χ0) is 19.5. The standard InChI is InChI=1S/C24H33N3O/c1-23-12-8-19-17(4-7-21-24(19,2)13-9-22(28)27(21)3)18(23)5-6-20(23)26-16-10-14-25-15-11-16/h9-11,13-15,17-21H,4-8,12H2,1-3H3,(H,25,26)/t17-,18-,19-,20-,21+,23-,24+/m0/s1. The van der Waals surface area contributed by atoms with Gasteiger partial charge in [0, 0.05) is 42.6 Å². The average molecular weight is 380 g/mol. The number of likely N-dealkylation sites (N-methyl/N-ethyl adjacent to an activating group) is 1. The Balaban J connectivity index is 1.41. The van der Waals surface area contributed by atoms with Crippen molar-refractivity contribution in [3.63, 3.8) is 0 Å². The summed E-state index contributed by atoms with van der Waals surface area (Å²) in [5.74, 6) is 2.47. The van der Waals surface area contributed by atoms with Crippen molar-refractivity contribution in [3.8, 4) is 0 Å². The van der Waals surface area contributed by atoms with Gasteiger partial charge in [-0.2, -0.15) is 0 Å². The second kappa shape index (κ2) is 6.33. The molecule has 3 fully saturated rings. The third-order valence-electron chi connectivity index (χ3n) is 9.15. The molecule has 3 aliphatic carbocycles. The number of carbonyl (C=O) groups excluding carboxylic acids is 1. The van der Waals surface area contributed by atoms with Crippen LogP contribution in [0.2, 0.25) is 0 Å². The second-order valence-corrected chi connectivity index (χ2v) is 10.2. The molecule has 0 unspecified atom stereocenters. The van der Waals surface area contributed by atoms with Crippen molar-refractivity contribution in [1.82, 2.24) is 9.88 Å². The highest BCUT2D eigenvalue weighted by atomic mass is 16.2. The molecule has 4 aliphatic rings. The number of pyridine rings is 1. The summed E-state index contributed by atoms with van der Waals surface area (Å²) >= 11 is 0. The molecule has 0 spiro atoms. The lowest BCUT2D eigenvalue weighted by Gasteiger charge is -2.60. The van der Waals surface area contributed by atoms with Crippen LogP contribution in [0.25, 0.3) is 0 Å². The lowest BCUT2D eigenvalue weighted by Crippen LogP contribution is -2.60. The molecule has 1 N–H and O–H groups in total. The molecular weight excluding hydrogens is 346 g/mol. The maximum Gasteiger partial charge on any atom is 0.246 e. The molecule has 0 bridgehead atoms. The lowest BCUT2D eigenvalue weighted by atomic mass is 9.48. The van der Waals surface area contributed by atoms with E-state index in [2.05, 4.69) is 42.4 Å². The number of hydrogen-bond donors (Lipinski definition) is 1. The van der Waals surface area contributed by atoms with Crippen molar-refractivity contribution < 1.29 is 4.79 Å². The molecule has 4 nitrogen and oxygen atoms in total. The van der Waals surface area contributed by atoms with Crippen molar-refractivity contribution in [3.05, 3.63) is 36.7 Å². The van der Waals surface area contributed by atoms with Gasteiger partial charge in [0.15, 0.2) is 0 Å². The summed E-state index contributed by atoms with van der Waals surface area (Å²) in [5, 5.41) is 3.85. The molecule has 0 radical (unpaired) electrons. The molecule has 5 rings (SSSR count). The first kappa shape index (κ1) is 18.2. The third kappa shape index (κ3) is 2.49. The summed E-state index contributed by atoms with van der Waals surface area (Å²) < 4.78 is 0. The number of fused-ring (bicyclic) bond motifs is 5. The molecule has 1 aromatic heterocycles. The SMILES string of the molecule is CN1C(=O)C=C[C@]2(C)[C@H]3CC[C@]4(C)[C@@H](Nc5ccncc5)CC[C@H]4[C@@H]3CC[C@@H]12. The van der Waals surface area contributed by atoms with Crippen LogP contribution in [0.4, 0.5) is 5.69 Å². The van der Waals surface area contributed by atoms with Crippen LogP contribution in [0.15, 0.2) is 36.7 Å². The van der Waals surface area contributed by atoms with E-state index in [1.165, 1.54) is 37.8 Å². The van der Waals surface area contributed by atoms with Crippen LogP contribution in [0, 0.1) is 28.6 Å². The van der Waals surface area contributed by atoms with Crippen LogP contribution in [-0.4, -0.2) is 34.9 Å². The molecule has 3 saturated carbocycles. The van der Waals surface area contributed by atoms with Crippen LogP contribution in [0.5, 0.6) is 0 Å². The zero-order valence-electron chi connectivity index (χ0n) is 17.4. The zero-order valence-corrected chi connectivity index (χ0v) is 17.4. The molecule has 1 amide bonds. The summed E-state index contributed by atoms with van der Waals surface area (Å²) in [6.07, 6.45) is 15.5. The number of carbonyl (C=O) groups is 1. The smallest absolute Gasteiger partial charge is 0.246 e. The molecule has 7 atom stereocenters. The summed E-state index contributed by atoms with van der Waals surface area (Å²) in [6.45, 7) is 4.97. The van der Waals surface area contributed by atoms with Gasteiger partial charge in [0.05, 0.1) is 0 Å². The van der Waals surface area contributed by atoms with E-state index in [-0.39, 0.29) is 11.3 Å². The number of nitrogens with one attached hydrogen (secondary N) is 1. The lowest BCUT2D eigenvalue weighted by molar-refractivity contribution is -0.138. The van der Waals surface area contributed by atoms with E-state index in [9.17, 15) is 4.79 Å². The molecule has 1 aromatic rings. The largest absolute Gasteiger partial charge is 0.382 e. The van der Waals surface area contributed by atoms with Crippen LogP contribution in [0.3, 0.4) is 0 Å². The summed E-state index contributed by atoms with van der Waals surface area (Å²) in [7, 11) is 2.01. The second-order valence-electron chi connectivity index (χ2n) is 10.2. The molecule has 0 aromatic carbocycles. The first-order chi connectivity index (χ1) is 13.4. The van der Waals surface area contributed by atoms with Crippen LogP contribution >= 0.6 is 0 Å². The number of hydrogen-bond acceptors (Lipinski definition) is 3. The Labute approximate surface area is 168 Å². The fraction of sp³-hybridized carbons (Fsp3) is 0.667. The van der Waals surface area contributed by atoms with Gasteiger partial charge in [-0.15, -0.1) is 0 Å². The fourth-order valence-corrected chi connectivity index (χ4v) is 7.62. The Morgan fingerprint density at radius 1 is 1.07 bits per heavy atom. The first-order valence-corrected chi connectivity index (χ1v) is 11.1. The normalized spacial score (nSPS) is 44.6. The molecule has 4 heteroatoms. The highest BCUT2D eigenvalue weighted by Gasteiger charge is 2.60. The van der Waals surface area contributed by atoms with Crippen LogP contribution < -0.4 is 5.32 Å². The van der Waals surface area contributed by atoms with Gasteiger partial charge in [-0.1, -0.05) is 19.9 Å². The third-order valence-corrected chi connectivity index (χ3v) is 9.15. The number of anilines is 1. The molecule has 0 saturated heterocycles. The Kier molecular flexibility index (Phi) is 4.12. The number of rotatable bonds is 2. The van der Waals surface area contributed by atoms with E-state index in [0.717, 1.165) is 18.3 Å². The van der Waals surface area contributed by atoms with Crippen molar-refractivity contribution in [2.45, 2.75) is 64.5 Å². The van der Waals surface area contributed by atoms with Gasteiger partial charge in [0.1, 0.15) is 0 Å². The minimum Gasteiger partial charge on any atom is -0.382 e. The fourth-order valence-electron chi connectivity index (χ4n) is 7.62. The Bertz CT molecular complexity index is 792. The monoisotopic (exact) mass is 379 g/mol. The molecule has 2 heterocycles. The van der Waals surface area contributed by atoms with Gasteiger partial charge in [-0.25, -0.2) is 0 Å². The first-order valence-electron chi connectivity index (χ1n) is 11.1. The molecule has 1 aliphatic heterocycles. The van der Waals surface area contributed by atoms with Crippen LogP contribution in [-0.2, 0) is 4.79 Å². The van der Waals surface area contributed by atoms with Gasteiger partial charge in [-0.05, 0) is 79.9 Å². The predicted octanol–water partition coefficient (Wildman–Crippen LogP) is 4.50. The number of aromatic nitrogens is 1. The highest BCUT2D eigenvalue weighted by molar-refractivity contribution is 5.89. The van der Waals surface area contributed by atoms with E-state index in [1.807, 2.05) is 30.4 Å². The molecule has 28 heavy (non-hydrogen) atoms. The number of nitrogens with zero attached hydrogens (tertiary/aromatic N) is 2. The summed E-state index contributed by atoms with van der Waals surface area (Å²) in [4.78, 5) is 18.4. The van der Waals surface area contributed by atoms with Gasteiger partial charge in [0.25, 0.3) is 0 Å². The summed E-state index contributed by atoms with van der Waals surface area (Å²) in [6, 6.07) is 5.11. The van der Waals surface area contributed by atoms with Gasteiger partial charge < -0.3 is 10.2 Å². The van der Waals surface area contributed by atoms with E-state index in [1.54, 1.807) is 0 Å². The van der Waals surface area contributed by atoms with Crippen molar-refractivity contribution in [1.29, 1.82) is 0 Å². The number of amides is 1. The van der Waals surface area contributed by atoms with Crippen molar-refractivity contribution >= 4 is 11.6 Å². The quantitative estimate of drug-likeness (QED) is 0.823. The van der Waals surface area contributed by atoms with Crippen LogP contribution in [0.1, 0.15) is 52.4 Å². The minimum absolute atomic E-state index is 0.142. The predicted molar refractivity (Wildman–Crippen MR) is 112 cm³/mol. The Morgan fingerprint density at radius 3 is 2.64 bits per heavy atom. The minimum atomic E-state index is 0.142. The van der Waals surface area contributed by atoms with Gasteiger partial charge >= 0.3 is 0 Å². The Hall–Kier alpha value is -1.84. The maximum absolute atomic E-state index is 12.2. The van der Waals surface area contributed by atoms with E-state index < -0.39 is 0 Å². The van der Waals surface area contributed by atoms with E-state index in [0.29, 0.717) is 23.4 Å². The average Bonchev–Trinajstić information content (AvgIpc) is 3.02. The van der Waals surface area contributed by atoms with Crippen molar-refractivity contribution in [2.24, 2.45) is 28.6 Å². The molecular formula is C24H33N3O. The topological polar surface area (TPSA) is 45.2 Å².